The lowest BCUT2D eigenvalue weighted by Crippen LogP contribution is -2.36. The number of hydrogen-bond donors (Lipinski definition) is 3. The van der Waals surface area contributed by atoms with Crippen molar-refractivity contribution in [3.8, 4) is 0 Å². The molecule has 0 spiro atoms. The molecule has 5 rings (SSSR count). The molecule has 35 heavy (non-hydrogen) atoms. The number of ether oxygens (including phenoxy) is 1. The molecule has 1 aromatic carbocycles. The second-order valence-electron chi connectivity index (χ2n) is 8.55. The Labute approximate surface area is 201 Å². The lowest BCUT2D eigenvalue weighted by Gasteiger charge is -2.29. The van der Waals surface area contributed by atoms with Gasteiger partial charge in [0.1, 0.15) is 23.5 Å². The summed E-state index contributed by atoms with van der Waals surface area (Å²) < 4.78 is 5.66. The SMILES string of the molecule is O=C(Cc1ccc(C(=O)c2c[nH]c3ncnc(N[C@@H]4CC[C@@H](CO)OC4)c23)cc1)c1ccccn1. The zero-order chi connectivity index (χ0) is 24.2. The second kappa shape index (κ2) is 10.1. The number of aromatic amines is 1. The van der Waals surface area contributed by atoms with E-state index in [1.807, 2.05) is 0 Å². The van der Waals surface area contributed by atoms with Gasteiger partial charge in [0.2, 0.25) is 0 Å². The summed E-state index contributed by atoms with van der Waals surface area (Å²) in [6.45, 7) is 0.458. The van der Waals surface area contributed by atoms with Crippen molar-refractivity contribution in [1.29, 1.82) is 0 Å². The molecule has 178 valence electrons. The number of nitrogens with zero attached hydrogens (tertiary/aromatic N) is 3. The third-order valence-electron chi connectivity index (χ3n) is 6.16. The highest BCUT2D eigenvalue weighted by atomic mass is 16.5. The van der Waals surface area contributed by atoms with Crippen LogP contribution in [0.3, 0.4) is 0 Å². The smallest absolute Gasteiger partial charge is 0.195 e. The normalized spacial score (nSPS) is 17.9. The zero-order valence-corrected chi connectivity index (χ0v) is 19.0. The summed E-state index contributed by atoms with van der Waals surface area (Å²) in [5.74, 6) is 0.316. The number of aromatic nitrogens is 4. The molecule has 1 aliphatic rings. The van der Waals surface area contributed by atoms with Gasteiger partial charge in [-0.3, -0.25) is 14.6 Å². The Morgan fingerprint density at radius 3 is 2.66 bits per heavy atom. The molecular formula is C26H25N5O4. The number of ketones is 2. The van der Waals surface area contributed by atoms with Crippen LogP contribution in [0.1, 0.15) is 44.8 Å². The number of carbonyl (C=O) groups is 2. The predicted molar refractivity (Wildman–Crippen MR) is 130 cm³/mol. The van der Waals surface area contributed by atoms with Crippen LogP contribution in [-0.2, 0) is 11.2 Å². The summed E-state index contributed by atoms with van der Waals surface area (Å²) in [4.78, 5) is 41.6. The first-order chi connectivity index (χ1) is 17.1. The van der Waals surface area contributed by atoms with Crippen molar-refractivity contribution in [2.45, 2.75) is 31.4 Å². The van der Waals surface area contributed by atoms with Gasteiger partial charge in [0.05, 0.1) is 36.3 Å². The van der Waals surface area contributed by atoms with Crippen LogP contribution in [0.25, 0.3) is 11.0 Å². The van der Waals surface area contributed by atoms with Gasteiger partial charge in [-0.25, -0.2) is 9.97 Å². The highest BCUT2D eigenvalue weighted by Crippen LogP contribution is 2.27. The minimum absolute atomic E-state index is 0.0109. The molecule has 0 amide bonds. The summed E-state index contributed by atoms with van der Waals surface area (Å²) in [6, 6.07) is 12.3. The van der Waals surface area contributed by atoms with E-state index in [0.29, 0.717) is 40.3 Å². The molecule has 0 saturated carbocycles. The van der Waals surface area contributed by atoms with Crippen LogP contribution in [-0.4, -0.2) is 62.0 Å². The molecule has 0 aliphatic carbocycles. The van der Waals surface area contributed by atoms with Crippen LogP contribution in [0.15, 0.2) is 61.2 Å². The largest absolute Gasteiger partial charge is 0.394 e. The molecule has 3 N–H and O–H groups in total. The van der Waals surface area contributed by atoms with Crippen LogP contribution in [0.2, 0.25) is 0 Å². The molecule has 1 aliphatic heterocycles. The van der Waals surface area contributed by atoms with Crippen LogP contribution in [0.5, 0.6) is 0 Å². The van der Waals surface area contributed by atoms with E-state index in [4.69, 9.17) is 4.74 Å². The van der Waals surface area contributed by atoms with Gasteiger partial charge in [-0.15, -0.1) is 0 Å². The van der Waals surface area contributed by atoms with E-state index in [1.54, 1.807) is 54.9 Å². The number of anilines is 1. The molecule has 1 saturated heterocycles. The van der Waals surface area contributed by atoms with Gasteiger partial charge in [-0.05, 0) is 30.5 Å². The maximum atomic E-state index is 13.4. The summed E-state index contributed by atoms with van der Waals surface area (Å²) in [5.41, 5.74) is 2.75. The average molecular weight is 472 g/mol. The van der Waals surface area contributed by atoms with Gasteiger partial charge in [-0.1, -0.05) is 30.3 Å². The maximum absolute atomic E-state index is 13.4. The highest BCUT2D eigenvalue weighted by molar-refractivity contribution is 6.18. The van der Waals surface area contributed by atoms with E-state index >= 15 is 0 Å². The molecule has 0 unspecified atom stereocenters. The molecule has 4 heterocycles. The first-order valence-corrected chi connectivity index (χ1v) is 11.5. The third kappa shape index (κ3) is 4.96. The number of pyridine rings is 1. The van der Waals surface area contributed by atoms with Crippen LogP contribution < -0.4 is 5.32 Å². The number of aliphatic hydroxyl groups is 1. The monoisotopic (exact) mass is 471 g/mol. The van der Waals surface area contributed by atoms with E-state index in [1.165, 1.54) is 6.33 Å². The van der Waals surface area contributed by atoms with Gasteiger partial charge in [0, 0.05) is 24.4 Å². The number of nitrogens with one attached hydrogen (secondary N) is 2. The van der Waals surface area contributed by atoms with Crippen molar-refractivity contribution in [2.24, 2.45) is 0 Å². The fraction of sp³-hybridized carbons (Fsp3) is 0.269. The van der Waals surface area contributed by atoms with Crippen LogP contribution >= 0.6 is 0 Å². The number of rotatable bonds is 8. The summed E-state index contributed by atoms with van der Waals surface area (Å²) in [6.07, 6.45) is 6.33. The van der Waals surface area contributed by atoms with E-state index in [-0.39, 0.29) is 36.7 Å². The van der Waals surface area contributed by atoms with Crippen LogP contribution in [0, 0.1) is 0 Å². The quantitative estimate of drug-likeness (QED) is 0.335. The predicted octanol–water partition coefficient (Wildman–Crippen LogP) is 2.96. The van der Waals surface area contributed by atoms with Gasteiger partial charge in [0.15, 0.2) is 11.6 Å². The lowest BCUT2D eigenvalue weighted by molar-refractivity contribution is -0.0224. The van der Waals surface area contributed by atoms with E-state index in [9.17, 15) is 14.7 Å². The van der Waals surface area contributed by atoms with E-state index < -0.39 is 0 Å². The standard InChI is InChI=1S/C26H25N5O4/c32-13-19-9-8-18(14-35-19)31-26-23-20(12-28-25(23)29-15-30-26)24(34)17-6-4-16(5-7-17)11-22(33)21-3-1-2-10-27-21/h1-7,10,12,15,18-19,32H,8-9,11,13-14H2,(H2,28,29,30,31)/t18-,19+/m1/s1. The molecular weight excluding hydrogens is 446 g/mol. The Morgan fingerprint density at radius 1 is 1.09 bits per heavy atom. The Bertz CT molecular complexity index is 1330. The molecule has 9 nitrogen and oxygen atoms in total. The molecule has 0 bridgehead atoms. The van der Waals surface area contributed by atoms with E-state index in [2.05, 4.69) is 25.3 Å². The third-order valence-corrected chi connectivity index (χ3v) is 6.16. The summed E-state index contributed by atoms with van der Waals surface area (Å²) in [5, 5.41) is 13.3. The lowest BCUT2D eigenvalue weighted by atomic mass is 9.99. The van der Waals surface area contributed by atoms with Crippen molar-refractivity contribution in [2.75, 3.05) is 18.5 Å². The molecule has 9 heteroatoms. The van der Waals surface area contributed by atoms with Crippen LogP contribution in [0.4, 0.5) is 5.82 Å². The number of fused-ring (bicyclic) bond motifs is 1. The zero-order valence-electron chi connectivity index (χ0n) is 19.0. The number of benzene rings is 1. The second-order valence-corrected chi connectivity index (χ2v) is 8.55. The Kier molecular flexibility index (Phi) is 6.60. The fourth-order valence-corrected chi connectivity index (χ4v) is 4.24. The first-order valence-electron chi connectivity index (χ1n) is 11.5. The molecule has 2 atom stereocenters. The molecule has 0 radical (unpaired) electrons. The van der Waals surface area contributed by atoms with Gasteiger partial charge < -0.3 is 20.1 Å². The minimum atomic E-state index is -0.169. The maximum Gasteiger partial charge on any atom is 0.195 e. The Morgan fingerprint density at radius 2 is 1.94 bits per heavy atom. The Balaban J connectivity index is 1.34. The summed E-state index contributed by atoms with van der Waals surface area (Å²) >= 11 is 0. The molecule has 1 fully saturated rings. The Hall–Kier alpha value is -3.95. The van der Waals surface area contributed by atoms with Crippen molar-refractivity contribution in [3.05, 3.63) is 83.6 Å². The van der Waals surface area contributed by atoms with Gasteiger partial charge in [-0.2, -0.15) is 0 Å². The summed E-state index contributed by atoms with van der Waals surface area (Å²) in [7, 11) is 0. The van der Waals surface area contributed by atoms with Gasteiger partial charge >= 0.3 is 0 Å². The fourth-order valence-electron chi connectivity index (χ4n) is 4.24. The van der Waals surface area contributed by atoms with Crippen molar-refractivity contribution in [1.82, 2.24) is 19.9 Å². The molecule has 3 aromatic heterocycles. The topological polar surface area (TPSA) is 130 Å². The number of Topliss-reactive ketones (excluding diaryl/α,β-unsaturated/α-hetero) is 1. The average Bonchev–Trinajstić information content (AvgIpc) is 3.35. The highest BCUT2D eigenvalue weighted by Gasteiger charge is 2.24. The number of H-pyrrole nitrogens is 1. The van der Waals surface area contributed by atoms with Crippen molar-refractivity contribution < 1.29 is 19.4 Å². The van der Waals surface area contributed by atoms with E-state index in [0.717, 1.165) is 18.4 Å². The number of carbonyl (C=O) groups excluding carboxylic acids is 2. The number of aliphatic hydroxyl groups excluding tert-OH is 1. The minimum Gasteiger partial charge on any atom is -0.394 e. The molecule has 4 aromatic rings. The van der Waals surface area contributed by atoms with Crippen molar-refractivity contribution in [3.63, 3.8) is 0 Å². The number of hydrogen-bond acceptors (Lipinski definition) is 8. The first kappa shape index (κ1) is 22.8. The van der Waals surface area contributed by atoms with Crippen molar-refractivity contribution >= 4 is 28.4 Å². The van der Waals surface area contributed by atoms with Gasteiger partial charge in [0.25, 0.3) is 0 Å².